The Bertz CT molecular complexity index is 206. The predicted octanol–water partition coefficient (Wildman–Crippen LogP) is 0.919. The summed E-state index contributed by atoms with van der Waals surface area (Å²) >= 11 is 0. The highest BCUT2D eigenvalue weighted by Crippen LogP contribution is 2.07. The fourth-order valence-corrected chi connectivity index (χ4v) is 0.729. The van der Waals surface area contributed by atoms with Crippen molar-refractivity contribution in [2.24, 2.45) is 0 Å². The molecule has 0 aromatic heterocycles. The number of aldehydes is 1. The second-order valence-electron chi connectivity index (χ2n) is 1.99. The van der Waals surface area contributed by atoms with E-state index in [0.29, 0.717) is 11.8 Å². The van der Waals surface area contributed by atoms with Crippen molar-refractivity contribution in [3.05, 3.63) is 35.9 Å². The van der Waals surface area contributed by atoms with Crippen molar-refractivity contribution in [2.45, 2.75) is 6.10 Å². The first-order valence-electron chi connectivity index (χ1n) is 3.03. The van der Waals surface area contributed by atoms with Crippen molar-refractivity contribution in [1.29, 1.82) is 0 Å². The van der Waals surface area contributed by atoms with Crippen LogP contribution < -0.4 is 0 Å². The number of carbonyl (C=O) groups is 1. The first-order valence-corrected chi connectivity index (χ1v) is 3.03. The maximum atomic E-state index is 10.1. The van der Waals surface area contributed by atoms with Crippen molar-refractivity contribution in [3.8, 4) is 0 Å². The van der Waals surface area contributed by atoms with Gasteiger partial charge in [-0.1, -0.05) is 30.3 Å². The SMILES string of the molecule is O=C[C@H](O)c1ccccc1. The second-order valence-corrected chi connectivity index (χ2v) is 1.99. The third-order valence-corrected chi connectivity index (χ3v) is 1.27. The number of hydrogen-bond donors (Lipinski definition) is 1. The van der Waals surface area contributed by atoms with Gasteiger partial charge in [-0.2, -0.15) is 0 Å². The molecule has 0 spiro atoms. The smallest absolute Gasteiger partial charge is 0.153 e. The molecule has 52 valence electrons. The number of aliphatic hydroxyl groups excluding tert-OH is 1. The number of hydrogen-bond acceptors (Lipinski definition) is 2. The fourth-order valence-electron chi connectivity index (χ4n) is 0.729. The highest BCUT2D eigenvalue weighted by atomic mass is 16.3. The Kier molecular flexibility index (Phi) is 2.18. The van der Waals surface area contributed by atoms with Crippen LogP contribution in [0.25, 0.3) is 0 Å². The van der Waals surface area contributed by atoms with Gasteiger partial charge in [0.2, 0.25) is 0 Å². The number of benzene rings is 1. The minimum absolute atomic E-state index is 0.509. The van der Waals surface area contributed by atoms with Gasteiger partial charge in [0.1, 0.15) is 6.10 Å². The van der Waals surface area contributed by atoms with Crippen LogP contribution in [0.5, 0.6) is 0 Å². The molecule has 0 bridgehead atoms. The van der Waals surface area contributed by atoms with Gasteiger partial charge in [0.15, 0.2) is 6.29 Å². The summed E-state index contributed by atoms with van der Waals surface area (Å²) in [5.74, 6) is 0. The number of carbonyl (C=O) groups excluding carboxylic acids is 1. The molecule has 0 unspecified atom stereocenters. The Labute approximate surface area is 59.1 Å². The summed E-state index contributed by atoms with van der Waals surface area (Å²) in [7, 11) is 0. The highest BCUT2D eigenvalue weighted by molar-refractivity contribution is 5.59. The van der Waals surface area contributed by atoms with E-state index in [4.69, 9.17) is 5.11 Å². The van der Waals surface area contributed by atoms with Crippen molar-refractivity contribution in [1.82, 2.24) is 0 Å². The van der Waals surface area contributed by atoms with E-state index in [9.17, 15) is 4.79 Å². The van der Waals surface area contributed by atoms with Gasteiger partial charge in [0, 0.05) is 0 Å². The average Bonchev–Trinajstić information content (AvgIpc) is 2.05. The Morgan fingerprint density at radius 2 is 1.90 bits per heavy atom. The van der Waals surface area contributed by atoms with Crippen molar-refractivity contribution in [3.63, 3.8) is 0 Å². The summed E-state index contributed by atoms with van der Waals surface area (Å²) in [6, 6.07) is 8.81. The van der Waals surface area contributed by atoms with E-state index in [1.54, 1.807) is 24.3 Å². The molecular formula is C8H8O2. The summed E-state index contributed by atoms with van der Waals surface area (Å²) in [5, 5.41) is 8.96. The molecule has 10 heavy (non-hydrogen) atoms. The molecular weight excluding hydrogens is 128 g/mol. The molecule has 0 amide bonds. The van der Waals surface area contributed by atoms with Gasteiger partial charge >= 0.3 is 0 Å². The Morgan fingerprint density at radius 1 is 1.30 bits per heavy atom. The van der Waals surface area contributed by atoms with Crippen LogP contribution in [-0.4, -0.2) is 11.4 Å². The van der Waals surface area contributed by atoms with Gasteiger partial charge < -0.3 is 9.90 Å². The molecule has 0 fully saturated rings. The normalized spacial score (nSPS) is 12.5. The van der Waals surface area contributed by atoms with Crippen LogP contribution in [0.1, 0.15) is 11.7 Å². The molecule has 0 saturated carbocycles. The summed E-state index contributed by atoms with van der Waals surface area (Å²) < 4.78 is 0. The van der Waals surface area contributed by atoms with Gasteiger partial charge in [-0.25, -0.2) is 0 Å². The van der Waals surface area contributed by atoms with Crippen LogP contribution >= 0.6 is 0 Å². The summed E-state index contributed by atoms with van der Waals surface area (Å²) in [6.07, 6.45) is -0.462. The summed E-state index contributed by atoms with van der Waals surface area (Å²) in [5.41, 5.74) is 0.637. The Morgan fingerprint density at radius 3 is 2.40 bits per heavy atom. The van der Waals surface area contributed by atoms with Gasteiger partial charge in [-0.15, -0.1) is 0 Å². The van der Waals surface area contributed by atoms with Crippen LogP contribution in [0.15, 0.2) is 30.3 Å². The second kappa shape index (κ2) is 3.13. The molecule has 1 aromatic rings. The quantitative estimate of drug-likeness (QED) is 0.614. The van der Waals surface area contributed by atoms with E-state index in [-0.39, 0.29) is 0 Å². The number of aliphatic hydroxyl groups is 1. The molecule has 2 heteroatoms. The lowest BCUT2D eigenvalue weighted by atomic mass is 10.1. The van der Waals surface area contributed by atoms with Crippen LogP contribution in [0.4, 0.5) is 0 Å². The molecule has 0 aliphatic heterocycles. The topological polar surface area (TPSA) is 37.3 Å². The lowest BCUT2D eigenvalue weighted by molar-refractivity contribution is -0.115. The molecule has 2 nitrogen and oxygen atoms in total. The predicted molar refractivity (Wildman–Crippen MR) is 37.5 cm³/mol. The first-order chi connectivity index (χ1) is 4.84. The fraction of sp³-hybridized carbons (Fsp3) is 0.125. The molecule has 1 aromatic carbocycles. The van der Waals surface area contributed by atoms with E-state index >= 15 is 0 Å². The Balaban J connectivity index is 2.84. The van der Waals surface area contributed by atoms with E-state index < -0.39 is 6.10 Å². The minimum atomic E-state index is -0.971. The molecule has 0 aliphatic carbocycles. The molecule has 0 aliphatic rings. The molecule has 0 saturated heterocycles. The van der Waals surface area contributed by atoms with Crippen LogP contribution in [0, 0.1) is 0 Å². The maximum Gasteiger partial charge on any atom is 0.153 e. The lowest BCUT2D eigenvalue weighted by Crippen LogP contribution is -1.96. The van der Waals surface area contributed by atoms with E-state index in [0.717, 1.165) is 0 Å². The molecule has 1 atom stereocenters. The molecule has 0 heterocycles. The van der Waals surface area contributed by atoms with Gasteiger partial charge in [-0.05, 0) is 5.56 Å². The van der Waals surface area contributed by atoms with Gasteiger partial charge in [0.25, 0.3) is 0 Å². The molecule has 1 rings (SSSR count). The van der Waals surface area contributed by atoms with Crippen molar-refractivity contribution < 1.29 is 9.90 Å². The first kappa shape index (κ1) is 6.96. The Hall–Kier alpha value is -1.15. The van der Waals surface area contributed by atoms with E-state index in [1.165, 1.54) is 0 Å². The van der Waals surface area contributed by atoms with Crippen LogP contribution in [0.2, 0.25) is 0 Å². The molecule has 1 N–H and O–H groups in total. The third kappa shape index (κ3) is 1.42. The summed E-state index contributed by atoms with van der Waals surface area (Å²) in [6.45, 7) is 0. The monoisotopic (exact) mass is 136 g/mol. The standard InChI is InChI=1S/C8H8O2/c9-6-8(10)7-4-2-1-3-5-7/h1-6,8,10H/t8-/m0/s1. The number of rotatable bonds is 2. The maximum absolute atomic E-state index is 10.1. The zero-order chi connectivity index (χ0) is 7.40. The average molecular weight is 136 g/mol. The zero-order valence-electron chi connectivity index (χ0n) is 5.40. The zero-order valence-corrected chi connectivity index (χ0v) is 5.40. The van der Waals surface area contributed by atoms with Crippen molar-refractivity contribution >= 4 is 6.29 Å². The van der Waals surface area contributed by atoms with Gasteiger partial charge in [-0.3, -0.25) is 0 Å². The van der Waals surface area contributed by atoms with Crippen molar-refractivity contribution in [2.75, 3.05) is 0 Å². The summed E-state index contributed by atoms with van der Waals surface area (Å²) in [4.78, 5) is 10.1. The largest absolute Gasteiger partial charge is 0.381 e. The highest BCUT2D eigenvalue weighted by Gasteiger charge is 2.01. The van der Waals surface area contributed by atoms with Crippen LogP contribution in [-0.2, 0) is 4.79 Å². The lowest BCUT2D eigenvalue weighted by Gasteiger charge is -1.99. The molecule has 0 radical (unpaired) electrons. The third-order valence-electron chi connectivity index (χ3n) is 1.27. The van der Waals surface area contributed by atoms with Gasteiger partial charge in [0.05, 0.1) is 0 Å². The van der Waals surface area contributed by atoms with E-state index in [2.05, 4.69) is 0 Å². The van der Waals surface area contributed by atoms with E-state index in [1.807, 2.05) is 6.07 Å². The minimum Gasteiger partial charge on any atom is -0.381 e. The van der Waals surface area contributed by atoms with Crippen LogP contribution in [0.3, 0.4) is 0 Å².